The van der Waals surface area contributed by atoms with Gasteiger partial charge < -0.3 is 4.84 Å². The Balaban J connectivity index is 3.90. The molecule has 0 radical (unpaired) electrons. The van der Waals surface area contributed by atoms with Crippen LogP contribution in [0.15, 0.2) is 12.2 Å². The fourth-order valence-corrected chi connectivity index (χ4v) is 0.938. The van der Waals surface area contributed by atoms with Gasteiger partial charge >= 0.3 is 5.97 Å². The van der Waals surface area contributed by atoms with Crippen LogP contribution in [0.2, 0.25) is 0 Å². The molecule has 0 aromatic carbocycles. The van der Waals surface area contributed by atoms with Crippen molar-refractivity contribution in [3.63, 3.8) is 0 Å². The highest BCUT2D eigenvalue weighted by atomic mass is 16.7. The molecule has 3 nitrogen and oxygen atoms in total. The van der Waals surface area contributed by atoms with Gasteiger partial charge in [-0.25, -0.2) is 4.79 Å². The Morgan fingerprint density at radius 3 is 2.23 bits per heavy atom. The van der Waals surface area contributed by atoms with Crippen LogP contribution in [0, 0.1) is 0 Å². The molecule has 0 aromatic rings. The zero-order valence-electron chi connectivity index (χ0n) is 8.80. The second kappa shape index (κ2) is 6.66. The smallest absolute Gasteiger partial charge is 0.352 e. The molecule has 0 saturated heterocycles. The minimum absolute atomic E-state index is 0.300. The van der Waals surface area contributed by atoms with E-state index in [0.29, 0.717) is 25.1 Å². The molecule has 13 heavy (non-hydrogen) atoms. The molecule has 3 heteroatoms. The summed E-state index contributed by atoms with van der Waals surface area (Å²) < 4.78 is 0. The molecule has 0 aliphatic carbocycles. The van der Waals surface area contributed by atoms with E-state index in [-0.39, 0.29) is 5.97 Å². The Morgan fingerprint density at radius 2 is 1.85 bits per heavy atom. The zero-order chi connectivity index (χ0) is 10.3. The van der Waals surface area contributed by atoms with Gasteiger partial charge in [0.2, 0.25) is 0 Å². The summed E-state index contributed by atoms with van der Waals surface area (Å²) in [7, 11) is 0. The summed E-state index contributed by atoms with van der Waals surface area (Å²) >= 11 is 0. The van der Waals surface area contributed by atoms with Gasteiger partial charge in [-0.1, -0.05) is 19.9 Å². The number of hydrogen-bond acceptors (Lipinski definition) is 3. The molecule has 0 amide bonds. The van der Waals surface area contributed by atoms with Gasteiger partial charge in [0.05, 0.1) is 0 Å². The van der Waals surface area contributed by atoms with Crippen molar-refractivity contribution >= 4 is 5.97 Å². The minimum atomic E-state index is -0.300. The molecule has 0 aliphatic heterocycles. The number of carbonyl (C=O) groups excluding carboxylic acids is 1. The van der Waals surface area contributed by atoms with Gasteiger partial charge in [0.25, 0.3) is 0 Å². The van der Waals surface area contributed by atoms with Gasteiger partial charge in [0, 0.05) is 18.7 Å². The first-order chi connectivity index (χ1) is 6.15. The number of carbonyl (C=O) groups is 1. The van der Waals surface area contributed by atoms with E-state index >= 15 is 0 Å². The molecular weight excluding hydrogens is 166 g/mol. The molecular formula is C10H19NO2. The molecule has 0 atom stereocenters. The lowest BCUT2D eigenvalue weighted by atomic mass is 10.2. The van der Waals surface area contributed by atoms with Crippen LogP contribution in [0.5, 0.6) is 0 Å². The Labute approximate surface area is 80.3 Å². The van der Waals surface area contributed by atoms with Crippen molar-refractivity contribution in [1.29, 1.82) is 0 Å². The Hall–Kier alpha value is -0.830. The second-order valence-electron chi connectivity index (χ2n) is 2.85. The molecule has 0 N–H and O–H groups in total. The van der Waals surface area contributed by atoms with Crippen molar-refractivity contribution in [2.45, 2.75) is 33.6 Å². The van der Waals surface area contributed by atoms with Crippen molar-refractivity contribution in [1.82, 2.24) is 5.06 Å². The standard InChI is InChI=1S/C10H19NO2/c1-5-8-9(4)10(12)13-11(6-2)7-3/h4-8H2,1-3H3. The van der Waals surface area contributed by atoms with Crippen molar-refractivity contribution in [2.75, 3.05) is 13.1 Å². The first-order valence-electron chi connectivity index (χ1n) is 4.80. The van der Waals surface area contributed by atoms with E-state index in [1.807, 2.05) is 20.8 Å². The summed E-state index contributed by atoms with van der Waals surface area (Å²) in [6.07, 6.45) is 1.63. The largest absolute Gasteiger partial charge is 0.364 e. The van der Waals surface area contributed by atoms with E-state index in [2.05, 4.69) is 6.58 Å². The Kier molecular flexibility index (Phi) is 6.24. The van der Waals surface area contributed by atoms with Gasteiger partial charge in [-0.05, 0) is 20.3 Å². The van der Waals surface area contributed by atoms with E-state index in [1.165, 1.54) is 0 Å². The van der Waals surface area contributed by atoms with Crippen LogP contribution in [-0.2, 0) is 9.63 Å². The minimum Gasteiger partial charge on any atom is -0.364 e. The maximum Gasteiger partial charge on any atom is 0.352 e. The third-order valence-electron chi connectivity index (χ3n) is 1.76. The first-order valence-corrected chi connectivity index (χ1v) is 4.80. The molecule has 0 rings (SSSR count). The highest BCUT2D eigenvalue weighted by molar-refractivity contribution is 5.87. The number of nitrogens with zero attached hydrogens (tertiary/aromatic N) is 1. The van der Waals surface area contributed by atoms with Crippen LogP contribution in [0.3, 0.4) is 0 Å². The predicted molar refractivity (Wildman–Crippen MR) is 53.1 cm³/mol. The van der Waals surface area contributed by atoms with Crippen LogP contribution in [0.4, 0.5) is 0 Å². The molecule has 0 spiro atoms. The molecule has 0 aromatic heterocycles. The van der Waals surface area contributed by atoms with Crippen LogP contribution in [0.1, 0.15) is 33.6 Å². The predicted octanol–water partition coefficient (Wildman–Crippen LogP) is 2.14. The van der Waals surface area contributed by atoms with Crippen LogP contribution >= 0.6 is 0 Å². The van der Waals surface area contributed by atoms with Crippen molar-refractivity contribution in [2.24, 2.45) is 0 Å². The van der Waals surface area contributed by atoms with Crippen LogP contribution in [-0.4, -0.2) is 24.1 Å². The number of hydrogen-bond donors (Lipinski definition) is 0. The molecule has 0 fully saturated rings. The summed E-state index contributed by atoms with van der Waals surface area (Å²) in [6, 6.07) is 0. The van der Waals surface area contributed by atoms with Gasteiger partial charge in [-0.2, -0.15) is 0 Å². The van der Waals surface area contributed by atoms with Crippen molar-refractivity contribution in [3.8, 4) is 0 Å². The third-order valence-corrected chi connectivity index (χ3v) is 1.76. The van der Waals surface area contributed by atoms with E-state index in [0.717, 1.165) is 6.42 Å². The highest BCUT2D eigenvalue weighted by Gasteiger charge is 2.11. The fraction of sp³-hybridized carbons (Fsp3) is 0.700. The maximum absolute atomic E-state index is 11.3. The van der Waals surface area contributed by atoms with E-state index in [4.69, 9.17) is 4.84 Å². The topological polar surface area (TPSA) is 29.5 Å². The van der Waals surface area contributed by atoms with E-state index < -0.39 is 0 Å². The van der Waals surface area contributed by atoms with Gasteiger partial charge in [-0.3, -0.25) is 0 Å². The zero-order valence-corrected chi connectivity index (χ0v) is 8.80. The van der Waals surface area contributed by atoms with Crippen LogP contribution < -0.4 is 0 Å². The SMILES string of the molecule is C=C(CCC)C(=O)ON(CC)CC. The summed E-state index contributed by atoms with van der Waals surface area (Å²) in [5.74, 6) is -0.300. The highest BCUT2D eigenvalue weighted by Crippen LogP contribution is 2.05. The monoisotopic (exact) mass is 185 g/mol. The lowest BCUT2D eigenvalue weighted by Crippen LogP contribution is -2.27. The fourth-order valence-electron chi connectivity index (χ4n) is 0.938. The lowest BCUT2D eigenvalue weighted by molar-refractivity contribution is -0.183. The average Bonchev–Trinajstić information content (AvgIpc) is 2.14. The van der Waals surface area contributed by atoms with Gasteiger partial charge in [0.1, 0.15) is 0 Å². The van der Waals surface area contributed by atoms with E-state index in [9.17, 15) is 4.79 Å². The summed E-state index contributed by atoms with van der Waals surface area (Å²) in [5, 5.41) is 1.61. The molecule has 0 unspecified atom stereocenters. The average molecular weight is 185 g/mol. The van der Waals surface area contributed by atoms with Gasteiger partial charge in [0.15, 0.2) is 0 Å². The number of rotatable bonds is 6. The number of hydroxylamine groups is 2. The van der Waals surface area contributed by atoms with E-state index in [1.54, 1.807) is 5.06 Å². The normalized spacial score (nSPS) is 10.2. The van der Waals surface area contributed by atoms with Crippen molar-refractivity contribution in [3.05, 3.63) is 12.2 Å². The van der Waals surface area contributed by atoms with Crippen LogP contribution in [0.25, 0.3) is 0 Å². The summed E-state index contributed by atoms with van der Waals surface area (Å²) in [6.45, 7) is 11.0. The molecule has 0 aliphatic rings. The third kappa shape index (κ3) is 4.68. The molecule has 0 saturated carbocycles. The van der Waals surface area contributed by atoms with Gasteiger partial charge in [-0.15, -0.1) is 5.06 Å². The Morgan fingerprint density at radius 1 is 1.31 bits per heavy atom. The molecule has 76 valence electrons. The second-order valence-corrected chi connectivity index (χ2v) is 2.85. The molecule has 0 heterocycles. The summed E-state index contributed by atoms with van der Waals surface area (Å²) in [4.78, 5) is 16.4. The maximum atomic E-state index is 11.3. The molecule has 0 bridgehead atoms. The lowest BCUT2D eigenvalue weighted by Gasteiger charge is -2.17. The Bertz CT molecular complexity index is 174. The first kappa shape index (κ1) is 12.2. The van der Waals surface area contributed by atoms with Crippen molar-refractivity contribution < 1.29 is 9.63 Å². The quantitative estimate of drug-likeness (QED) is 0.469. The summed E-state index contributed by atoms with van der Waals surface area (Å²) in [5.41, 5.74) is 0.550.